The molecule has 3 atom stereocenters. The summed E-state index contributed by atoms with van der Waals surface area (Å²) in [6, 6.07) is 10.2. The Morgan fingerprint density at radius 1 is 1.26 bits per heavy atom. The maximum Gasteiger partial charge on any atom is 0.0991 e. The summed E-state index contributed by atoms with van der Waals surface area (Å²) >= 11 is 0. The van der Waals surface area contributed by atoms with Crippen molar-refractivity contribution in [2.45, 2.75) is 51.0 Å². The van der Waals surface area contributed by atoms with Crippen molar-refractivity contribution in [2.75, 3.05) is 7.11 Å². The minimum absolute atomic E-state index is 0.332. The van der Waals surface area contributed by atoms with E-state index in [0.717, 1.165) is 11.5 Å². The van der Waals surface area contributed by atoms with Crippen LogP contribution in [0.25, 0.3) is 0 Å². The number of ether oxygens (including phenoxy) is 1. The molecule has 102 valence electrons. The Balaban J connectivity index is 2.08. The summed E-state index contributed by atoms with van der Waals surface area (Å²) in [5.41, 5.74) is 2.05. The van der Waals surface area contributed by atoms with E-state index in [1.807, 2.05) is 19.2 Å². The number of rotatable bonds is 4. The molecule has 0 bridgehead atoms. The molecule has 1 aromatic rings. The number of methoxy groups -OCH3 is 1. The van der Waals surface area contributed by atoms with Crippen LogP contribution < -0.4 is 0 Å². The van der Waals surface area contributed by atoms with Gasteiger partial charge in [-0.3, -0.25) is 0 Å². The SMILES string of the molecule is CCCC1CCC(c2ccc(C#N)cc2)C(OC)C1. The van der Waals surface area contributed by atoms with Crippen molar-refractivity contribution in [3.05, 3.63) is 35.4 Å². The van der Waals surface area contributed by atoms with Crippen LogP contribution in [0.1, 0.15) is 56.1 Å². The summed E-state index contributed by atoms with van der Waals surface area (Å²) in [7, 11) is 1.83. The predicted octanol–water partition coefficient (Wildman–Crippen LogP) is 4.26. The zero-order valence-electron chi connectivity index (χ0n) is 11.9. The molecule has 0 amide bonds. The van der Waals surface area contributed by atoms with Crippen LogP contribution in [0.15, 0.2) is 24.3 Å². The molecule has 0 aromatic heterocycles. The second kappa shape index (κ2) is 6.73. The van der Waals surface area contributed by atoms with Crippen LogP contribution in [0, 0.1) is 17.2 Å². The highest BCUT2D eigenvalue weighted by molar-refractivity contribution is 5.33. The van der Waals surface area contributed by atoms with E-state index in [-0.39, 0.29) is 0 Å². The minimum atomic E-state index is 0.332. The third-order valence-corrected chi connectivity index (χ3v) is 4.37. The van der Waals surface area contributed by atoms with Crippen molar-refractivity contribution in [1.29, 1.82) is 5.26 Å². The highest BCUT2D eigenvalue weighted by Crippen LogP contribution is 2.39. The van der Waals surface area contributed by atoms with Gasteiger partial charge < -0.3 is 4.74 Å². The van der Waals surface area contributed by atoms with E-state index >= 15 is 0 Å². The van der Waals surface area contributed by atoms with E-state index in [2.05, 4.69) is 25.1 Å². The Morgan fingerprint density at radius 2 is 2.00 bits per heavy atom. The van der Waals surface area contributed by atoms with E-state index in [1.165, 1.54) is 37.7 Å². The molecule has 0 radical (unpaired) electrons. The lowest BCUT2D eigenvalue weighted by molar-refractivity contribution is 0.0307. The maximum atomic E-state index is 8.86. The molecule has 1 aliphatic carbocycles. The molecule has 0 N–H and O–H groups in total. The van der Waals surface area contributed by atoms with Gasteiger partial charge in [0.1, 0.15) is 0 Å². The lowest BCUT2D eigenvalue weighted by Gasteiger charge is -2.35. The van der Waals surface area contributed by atoms with Crippen molar-refractivity contribution < 1.29 is 4.74 Å². The molecule has 3 unspecified atom stereocenters. The van der Waals surface area contributed by atoms with Crippen LogP contribution in [-0.4, -0.2) is 13.2 Å². The van der Waals surface area contributed by atoms with Crippen LogP contribution in [0.3, 0.4) is 0 Å². The number of benzene rings is 1. The molecular weight excluding hydrogens is 234 g/mol. The van der Waals surface area contributed by atoms with Crippen LogP contribution in [0.5, 0.6) is 0 Å². The molecule has 2 rings (SSSR count). The lowest BCUT2D eigenvalue weighted by atomic mass is 9.75. The van der Waals surface area contributed by atoms with Gasteiger partial charge in [-0.2, -0.15) is 5.26 Å². The van der Waals surface area contributed by atoms with Crippen LogP contribution in [0.4, 0.5) is 0 Å². The second-order valence-corrected chi connectivity index (χ2v) is 5.58. The number of hydrogen-bond acceptors (Lipinski definition) is 2. The Labute approximate surface area is 116 Å². The van der Waals surface area contributed by atoms with Crippen molar-refractivity contribution in [2.24, 2.45) is 5.92 Å². The van der Waals surface area contributed by atoms with Crippen molar-refractivity contribution >= 4 is 0 Å². The molecule has 0 aliphatic heterocycles. The van der Waals surface area contributed by atoms with Gasteiger partial charge in [-0.15, -0.1) is 0 Å². The van der Waals surface area contributed by atoms with Crippen LogP contribution >= 0.6 is 0 Å². The molecule has 0 saturated heterocycles. The molecule has 1 fully saturated rings. The zero-order valence-corrected chi connectivity index (χ0v) is 11.9. The van der Waals surface area contributed by atoms with Gasteiger partial charge in [0.2, 0.25) is 0 Å². The largest absolute Gasteiger partial charge is 0.381 e. The highest BCUT2D eigenvalue weighted by Gasteiger charge is 2.31. The van der Waals surface area contributed by atoms with E-state index in [0.29, 0.717) is 12.0 Å². The smallest absolute Gasteiger partial charge is 0.0991 e. The van der Waals surface area contributed by atoms with E-state index in [1.54, 1.807) is 0 Å². The van der Waals surface area contributed by atoms with Gasteiger partial charge in [0, 0.05) is 13.0 Å². The first kappa shape index (κ1) is 14.1. The standard InChI is InChI=1S/C17H23NO/c1-3-4-13-7-10-16(17(11-13)19-2)15-8-5-14(12-18)6-9-15/h5-6,8-9,13,16-17H,3-4,7,10-11H2,1-2H3. The Hall–Kier alpha value is -1.33. The highest BCUT2D eigenvalue weighted by atomic mass is 16.5. The molecule has 2 nitrogen and oxygen atoms in total. The van der Waals surface area contributed by atoms with Crippen LogP contribution in [-0.2, 0) is 4.74 Å². The zero-order chi connectivity index (χ0) is 13.7. The fourth-order valence-corrected chi connectivity index (χ4v) is 3.33. The van der Waals surface area contributed by atoms with E-state index in [4.69, 9.17) is 10.00 Å². The average Bonchev–Trinajstić information content (AvgIpc) is 2.47. The quantitative estimate of drug-likeness (QED) is 0.807. The molecule has 0 spiro atoms. The van der Waals surface area contributed by atoms with E-state index in [9.17, 15) is 0 Å². The number of nitrogens with zero attached hydrogens (tertiary/aromatic N) is 1. The summed E-state index contributed by atoms with van der Waals surface area (Å²) in [6.45, 7) is 2.26. The summed E-state index contributed by atoms with van der Waals surface area (Å²) in [4.78, 5) is 0. The normalized spacial score (nSPS) is 26.9. The molecular formula is C17H23NO. The maximum absolute atomic E-state index is 8.86. The van der Waals surface area contributed by atoms with Crippen LogP contribution in [0.2, 0.25) is 0 Å². The first-order valence-corrected chi connectivity index (χ1v) is 7.31. The van der Waals surface area contributed by atoms with Gasteiger partial charge in [0.15, 0.2) is 0 Å². The number of hydrogen-bond donors (Lipinski definition) is 0. The molecule has 1 saturated carbocycles. The average molecular weight is 257 g/mol. The van der Waals surface area contributed by atoms with Gasteiger partial charge >= 0.3 is 0 Å². The summed E-state index contributed by atoms with van der Waals surface area (Å²) in [5.74, 6) is 1.32. The topological polar surface area (TPSA) is 33.0 Å². The predicted molar refractivity (Wildman–Crippen MR) is 76.9 cm³/mol. The Morgan fingerprint density at radius 3 is 2.58 bits per heavy atom. The first-order chi connectivity index (χ1) is 9.28. The molecule has 0 heterocycles. The van der Waals surface area contributed by atoms with Crippen molar-refractivity contribution in [1.82, 2.24) is 0 Å². The lowest BCUT2D eigenvalue weighted by Crippen LogP contribution is -2.29. The van der Waals surface area contributed by atoms with Gasteiger partial charge in [0.25, 0.3) is 0 Å². The fraction of sp³-hybridized carbons (Fsp3) is 0.588. The third-order valence-electron chi connectivity index (χ3n) is 4.37. The third kappa shape index (κ3) is 3.36. The first-order valence-electron chi connectivity index (χ1n) is 7.31. The summed E-state index contributed by atoms with van der Waals surface area (Å²) in [6.07, 6.45) is 6.60. The fourth-order valence-electron chi connectivity index (χ4n) is 3.33. The Bertz CT molecular complexity index is 432. The van der Waals surface area contributed by atoms with Crippen molar-refractivity contribution in [3.8, 4) is 6.07 Å². The van der Waals surface area contributed by atoms with Gasteiger partial charge in [-0.05, 0) is 42.9 Å². The van der Waals surface area contributed by atoms with Gasteiger partial charge in [-0.1, -0.05) is 31.9 Å². The molecule has 1 aliphatic rings. The van der Waals surface area contributed by atoms with Gasteiger partial charge in [-0.25, -0.2) is 0 Å². The summed E-state index contributed by atoms with van der Waals surface area (Å²) < 4.78 is 5.73. The minimum Gasteiger partial charge on any atom is -0.381 e. The molecule has 1 aromatic carbocycles. The second-order valence-electron chi connectivity index (χ2n) is 5.58. The summed E-state index contributed by atoms with van der Waals surface area (Å²) in [5, 5.41) is 8.86. The van der Waals surface area contributed by atoms with Gasteiger partial charge in [0.05, 0.1) is 17.7 Å². The number of nitriles is 1. The molecule has 19 heavy (non-hydrogen) atoms. The monoisotopic (exact) mass is 257 g/mol. The van der Waals surface area contributed by atoms with E-state index < -0.39 is 0 Å². The Kier molecular flexibility index (Phi) is 4.99. The molecule has 2 heteroatoms. The van der Waals surface area contributed by atoms with Crippen molar-refractivity contribution in [3.63, 3.8) is 0 Å².